The molecule has 9 heteroatoms. The maximum atomic E-state index is 12.4. The number of aryl methyl sites for hydroxylation is 2. The van der Waals surface area contributed by atoms with Crippen molar-refractivity contribution in [1.29, 1.82) is 0 Å². The van der Waals surface area contributed by atoms with E-state index in [4.69, 9.17) is 0 Å². The summed E-state index contributed by atoms with van der Waals surface area (Å²) >= 11 is 0. The zero-order valence-corrected chi connectivity index (χ0v) is 13.4. The van der Waals surface area contributed by atoms with Gasteiger partial charge in [-0.05, 0) is 19.9 Å². The van der Waals surface area contributed by atoms with E-state index in [1.807, 2.05) is 0 Å². The molecule has 3 N–H and O–H groups in total. The minimum atomic E-state index is -3.73. The van der Waals surface area contributed by atoms with Gasteiger partial charge in [0.25, 0.3) is 5.56 Å². The maximum Gasteiger partial charge on any atom is 0.272 e. The monoisotopic (exact) mass is 333 g/mol. The van der Waals surface area contributed by atoms with E-state index in [9.17, 15) is 13.2 Å². The highest BCUT2D eigenvalue weighted by molar-refractivity contribution is 7.89. The number of hydrogen-bond acceptors (Lipinski definition) is 5. The third-order valence-electron chi connectivity index (χ3n) is 3.53. The molecule has 8 nitrogen and oxygen atoms in total. The van der Waals surface area contributed by atoms with Gasteiger partial charge in [-0.1, -0.05) is 18.2 Å². The van der Waals surface area contributed by atoms with Gasteiger partial charge in [-0.25, -0.2) is 18.2 Å². The summed E-state index contributed by atoms with van der Waals surface area (Å²) < 4.78 is 27.4. The van der Waals surface area contributed by atoms with Crippen LogP contribution in [0.2, 0.25) is 0 Å². The molecule has 0 saturated heterocycles. The Hall–Kier alpha value is -2.52. The summed E-state index contributed by atoms with van der Waals surface area (Å²) in [5.74, 6) is 0. The predicted octanol–water partition coefficient (Wildman–Crippen LogP) is 0.742. The van der Waals surface area contributed by atoms with Gasteiger partial charge in [0.15, 0.2) is 0 Å². The van der Waals surface area contributed by atoms with Crippen LogP contribution in [0.25, 0.3) is 10.8 Å². The van der Waals surface area contributed by atoms with Crippen molar-refractivity contribution in [1.82, 2.24) is 25.1 Å². The average molecular weight is 333 g/mol. The van der Waals surface area contributed by atoms with Crippen LogP contribution in [0, 0.1) is 13.8 Å². The van der Waals surface area contributed by atoms with Crippen LogP contribution in [-0.4, -0.2) is 28.8 Å². The van der Waals surface area contributed by atoms with E-state index in [1.54, 1.807) is 38.1 Å². The summed E-state index contributed by atoms with van der Waals surface area (Å²) in [6.45, 7) is 3.22. The largest absolute Gasteiger partial charge is 0.281 e. The fourth-order valence-corrected chi connectivity index (χ4v) is 3.83. The first-order valence-corrected chi connectivity index (χ1v) is 8.36. The number of rotatable bonds is 4. The molecule has 0 bridgehead atoms. The van der Waals surface area contributed by atoms with E-state index >= 15 is 0 Å². The summed E-state index contributed by atoms with van der Waals surface area (Å²) in [7, 11) is -3.73. The molecule has 0 unspecified atom stereocenters. The van der Waals surface area contributed by atoms with Crippen LogP contribution in [0.4, 0.5) is 0 Å². The highest BCUT2D eigenvalue weighted by Crippen LogP contribution is 2.17. The molecule has 2 heterocycles. The molecule has 0 aliphatic carbocycles. The van der Waals surface area contributed by atoms with Gasteiger partial charge in [0.2, 0.25) is 10.0 Å². The lowest BCUT2D eigenvalue weighted by Gasteiger charge is -2.08. The Kier molecular flexibility index (Phi) is 3.74. The average Bonchev–Trinajstić information content (AvgIpc) is 2.86. The van der Waals surface area contributed by atoms with Crippen molar-refractivity contribution in [2.75, 3.05) is 0 Å². The van der Waals surface area contributed by atoms with Crippen molar-refractivity contribution in [3.8, 4) is 0 Å². The molecule has 0 fully saturated rings. The van der Waals surface area contributed by atoms with Crippen LogP contribution in [0.5, 0.6) is 0 Å². The van der Waals surface area contributed by atoms with Gasteiger partial charge in [0, 0.05) is 5.39 Å². The Balaban J connectivity index is 1.96. The number of aromatic amines is 2. The number of nitrogens with one attached hydrogen (secondary N) is 3. The molecule has 0 spiro atoms. The van der Waals surface area contributed by atoms with E-state index in [1.165, 1.54) is 0 Å². The lowest BCUT2D eigenvalue weighted by atomic mass is 10.1. The van der Waals surface area contributed by atoms with Crippen molar-refractivity contribution >= 4 is 20.8 Å². The van der Waals surface area contributed by atoms with E-state index < -0.39 is 10.0 Å². The second kappa shape index (κ2) is 5.60. The van der Waals surface area contributed by atoms with Crippen molar-refractivity contribution in [3.05, 3.63) is 51.7 Å². The lowest BCUT2D eigenvalue weighted by Crippen LogP contribution is -2.25. The van der Waals surface area contributed by atoms with E-state index in [-0.39, 0.29) is 17.0 Å². The molecule has 0 radical (unpaired) electrons. The minimum absolute atomic E-state index is 0.0380. The number of hydrogen-bond donors (Lipinski definition) is 3. The lowest BCUT2D eigenvalue weighted by molar-refractivity contribution is 0.579. The Morgan fingerprint density at radius 3 is 2.43 bits per heavy atom. The quantitative estimate of drug-likeness (QED) is 0.650. The molecule has 0 aliphatic heterocycles. The van der Waals surface area contributed by atoms with Crippen LogP contribution < -0.4 is 10.3 Å². The fourth-order valence-electron chi connectivity index (χ4n) is 2.48. The molecular weight excluding hydrogens is 318 g/mol. The summed E-state index contributed by atoms with van der Waals surface area (Å²) in [5.41, 5.74) is 1.000. The first kappa shape index (κ1) is 15.4. The standard InChI is InChI=1S/C14H15N5O3S/c1-8-13(9(2)17-16-8)23(21,22)15-7-12-10-5-3-4-6-11(10)14(20)19-18-12/h3-6,15H,7H2,1-2H3,(H,16,17)(H,19,20). The van der Waals surface area contributed by atoms with Gasteiger partial charge in [-0.3, -0.25) is 9.89 Å². The molecule has 0 amide bonds. The molecular formula is C14H15N5O3S. The Labute approximate surface area is 132 Å². The first-order valence-electron chi connectivity index (χ1n) is 6.87. The highest BCUT2D eigenvalue weighted by Gasteiger charge is 2.22. The van der Waals surface area contributed by atoms with Crippen molar-refractivity contribution < 1.29 is 8.42 Å². The van der Waals surface area contributed by atoms with Crippen LogP contribution in [0.1, 0.15) is 17.1 Å². The predicted molar refractivity (Wildman–Crippen MR) is 84.5 cm³/mol. The number of fused-ring (bicyclic) bond motifs is 1. The number of aromatic nitrogens is 4. The molecule has 3 rings (SSSR count). The second-order valence-electron chi connectivity index (χ2n) is 5.13. The van der Waals surface area contributed by atoms with Gasteiger partial charge in [0.05, 0.1) is 29.0 Å². The number of nitrogens with zero attached hydrogens (tertiary/aromatic N) is 2. The van der Waals surface area contributed by atoms with Crippen LogP contribution >= 0.6 is 0 Å². The van der Waals surface area contributed by atoms with Gasteiger partial charge < -0.3 is 0 Å². The van der Waals surface area contributed by atoms with Crippen LogP contribution in [0.3, 0.4) is 0 Å². The maximum absolute atomic E-state index is 12.4. The van der Waals surface area contributed by atoms with Crippen molar-refractivity contribution in [3.63, 3.8) is 0 Å². The van der Waals surface area contributed by atoms with Gasteiger partial charge in [-0.15, -0.1) is 0 Å². The fraction of sp³-hybridized carbons (Fsp3) is 0.214. The van der Waals surface area contributed by atoms with Crippen molar-refractivity contribution in [2.45, 2.75) is 25.3 Å². The molecule has 2 aromatic heterocycles. The Morgan fingerprint density at radius 2 is 1.78 bits per heavy atom. The highest BCUT2D eigenvalue weighted by atomic mass is 32.2. The Morgan fingerprint density at radius 1 is 1.09 bits per heavy atom. The third-order valence-corrected chi connectivity index (χ3v) is 5.20. The topological polar surface area (TPSA) is 121 Å². The minimum Gasteiger partial charge on any atom is -0.281 e. The summed E-state index contributed by atoms with van der Waals surface area (Å²) in [4.78, 5) is 11.9. The first-order chi connectivity index (χ1) is 10.9. The molecule has 0 aliphatic rings. The number of H-pyrrole nitrogens is 2. The molecule has 3 aromatic rings. The zero-order valence-electron chi connectivity index (χ0n) is 12.5. The van der Waals surface area contributed by atoms with E-state index in [2.05, 4.69) is 25.1 Å². The molecule has 0 saturated carbocycles. The number of benzene rings is 1. The molecule has 0 atom stereocenters. The summed E-state index contributed by atoms with van der Waals surface area (Å²) in [6.07, 6.45) is 0. The van der Waals surface area contributed by atoms with Gasteiger partial charge in [-0.2, -0.15) is 10.2 Å². The van der Waals surface area contributed by atoms with E-state index in [0.29, 0.717) is 27.9 Å². The van der Waals surface area contributed by atoms with E-state index in [0.717, 1.165) is 0 Å². The van der Waals surface area contributed by atoms with Gasteiger partial charge in [0.1, 0.15) is 4.90 Å². The summed E-state index contributed by atoms with van der Waals surface area (Å²) in [5, 5.41) is 13.9. The van der Waals surface area contributed by atoms with Gasteiger partial charge >= 0.3 is 0 Å². The number of sulfonamides is 1. The Bertz CT molecular complexity index is 1020. The summed E-state index contributed by atoms with van der Waals surface area (Å²) in [6, 6.07) is 6.91. The van der Waals surface area contributed by atoms with Crippen LogP contribution in [-0.2, 0) is 16.6 Å². The molecule has 1 aromatic carbocycles. The van der Waals surface area contributed by atoms with Crippen LogP contribution in [0.15, 0.2) is 34.0 Å². The molecule has 23 heavy (non-hydrogen) atoms. The smallest absolute Gasteiger partial charge is 0.272 e. The normalized spacial score (nSPS) is 11.9. The second-order valence-corrected chi connectivity index (χ2v) is 6.84. The third kappa shape index (κ3) is 2.76. The SMILES string of the molecule is Cc1n[nH]c(C)c1S(=O)(=O)NCc1n[nH]c(=O)c2ccccc12. The zero-order chi connectivity index (χ0) is 16.6. The molecule has 120 valence electrons. The van der Waals surface area contributed by atoms with Crippen molar-refractivity contribution in [2.24, 2.45) is 0 Å².